The number of guanidine groups is 1. The van der Waals surface area contributed by atoms with Crippen molar-refractivity contribution < 1.29 is 13.5 Å². The van der Waals surface area contributed by atoms with Crippen LogP contribution in [0.15, 0.2) is 53.5 Å². The summed E-state index contributed by atoms with van der Waals surface area (Å²) < 4.78 is 33.9. The Labute approximate surface area is 173 Å². The van der Waals surface area contributed by atoms with Gasteiger partial charge in [-0.1, -0.05) is 30.3 Å². The molecule has 3 rings (SSSR count). The first-order valence-electron chi connectivity index (χ1n) is 9.52. The minimum absolute atomic E-state index is 0.00323. The van der Waals surface area contributed by atoms with Crippen LogP contribution in [0.3, 0.4) is 0 Å². The molecule has 0 aliphatic carbocycles. The van der Waals surface area contributed by atoms with E-state index < -0.39 is 11.6 Å². The van der Waals surface area contributed by atoms with E-state index in [2.05, 4.69) is 25.8 Å². The minimum Gasteiger partial charge on any atom is -0.489 e. The number of aromatic nitrogens is 3. The van der Waals surface area contributed by atoms with E-state index >= 15 is 0 Å². The Morgan fingerprint density at radius 1 is 1.10 bits per heavy atom. The van der Waals surface area contributed by atoms with Crippen LogP contribution in [-0.4, -0.2) is 33.9 Å². The van der Waals surface area contributed by atoms with E-state index in [9.17, 15) is 8.78 Å². The molecule has 7 nitrogen and oxygen atoms in total. The van der Waals surface area contributed by atoms with E-state index in [-0.39, 0.29) is 12.4 Å². The maximum Gasteiger partial charge on any atom is 0.192 e. The molecule has 0 saturated heterocycles. The molecule has 9 heteroatoms. The van der Waals surface area contributed by atoms with Crippen LogP contribution in [0.4, 0.5) is 8.78 Å². The van der Waals surface area contributed by atoms with Crippen molar-refractivity contribution in [2.75, 3.05) is 13.2 Å². The van der Waals surface area contributed by atoms with E-state index in [4.69, 9.17) is 4.74 Å². The number of hydrogen-bond donors (Lipinski definition) is 2. The van der Waals surface area contributed by atoms with E-state index in [1.807, 2.05) is 48.9 Å². The van der Waals surface area contributed by atoms with Crippen molar-refractivity contribution in [1.29, 1.82) is 0 Å². The highest BCUT2D eigenvalue weighted by Crippen LogP contribution is 2.17. The molecule has 0 bridgehead atoms. The zero-order valence-electron chi connectivity index (χ0n) is 16.9. The van der Waals surface area contributed by atoms with Gasteiger partial charge in [-0.25, -0.2) is 13.8 Å². The zero-order valence-corrected chi connectivity index (χ0v) is 16.9. The van der Waals surface area contributed by atoms with Gasteiger partial charge >= 0.3 is 0 Å². The number of aliphatic imine (C=N–C) groups is 1. The molecule has 0 saturated carbocycles. The van der Waals surface area contributed by atoms with Crippen LogP contribution in [0.25, 0.3) is 0 Å². The molecule has 2 aromatic carbocycles. The van der Waals surface area contributed by atoms with E-state index in [0.717, 1.165) is 29.3 Å². The smallest absolute Gasteiger partial charge is 0.192 e. The molecular formula is C21H24F2N6O. The Hall–Kier alpha value is -3.49. The Bertz CT molecular complexity index is 990. The van der Waals surface area contributed by atoms with Crippen LogP contribution in [0.1, 0.15) is 17.2 Å². The molecule has 0 fully saturated rings. The molecule has 1 heterocycles. The number of hydrogen-bond acceptors (Lipinski definition) is 4. The molecule has 0 aliphatic rings. The van der Waals surface area contributed by atoms with Gasteiger partial charge in [-0.2, -0.15) is 0 Å². The second kappa shape index (κ2) is 10.3. The molecule has 2 N–H and O–H groups in total. The number of ether oxygens (including phenoxy) is 1. The zero-order chi connectivity index (χ0) is 21.3. The molecule has 1 aromatic heterocycles. The number of benzene rings is 2. The summed E-state index contributed by atoms with van der Waals surface area (Å²) in [4.78, 5) is 4.58. The van der Waals surface area contributed by atoms with Crippen molar-refractivity contribution in [3.8, 4) is 5.75 Å². The summed E-state index contributed by atoms with van der Waals surface area (Å²) in [5.74, 6) is 0.773. The molecule has 158 valence electrons. The molecule has 0 unspecified atom stereocenters. The van der Waals surface area contributed by atoms with Crippen LogP contribution in [-0.2, 0) is 20.1 Å². The third-order valence-corrected chi connectivity index (χ3v) is 4.41. The second-order valence-corrected chi connectivity index (χ2v) is 6.58. The lowest BCUT2D eigenvalue weighted by atomic mass is 10.2. The number of nitrogens with one attached hydrogen (secondary N) is 2. The van der Waals surface area contributed by atoms with Gasteiger partial charge < -0.3 is 19.9 Å². The van der Waals surface area contributed by atoms with Crippen LogP contribution >= 0.6 is 0 Å². The highest BCUT2D eigenvalue weighted by molar-refractivity contribution is 5.79. The molecule has 0 radical (unpaired) electrons. The van der Waals surface area contributed by atoms with Gasteiger partial charge in [0.15, 0.2) is 23.4 Å². The Morgan fingerprint density at radius 2 is 1.90 bits per heavy atom. The van der Waals surface area contributed by atoms with Gasteiger partial charge in [-0.05, 0) is 24.6 Å². The first kappa shape index (κ1) is 21.2. The molecule has 3 aromatic rings. The van der Waals surface area contributed by atoms with Crippen molar-refractivity contribution in [2.45, 2.75) is 20.0 Å². The Balaban J connectivity index is 1.57. The van der Waals surface area contributed by atoms with Crippen LogP contribution in [0.5, 0.6) is 5.75 Å². The van der Waals surface area contributed by atoms with Crippen molar-refractivity contribution in [3.05, 3.63) is 77.4 Å². The van der Waals surface area contributed by atoms with Crippen molar-refractivity contribution >= 4 is 5.96 Å². The largest absolute Gasteiger partial charge is 0.489 e. The summed E-state index contributed by atoms with van der Waals surface area (Å²) in [5, 5.41) is 14.5. The molecular weight excluding hydrogens is 390 g/mol. The maximum atomic E-state index is 13.7. The standard InChI is InChI=1S/C21H24F2N6O/c1-15-27-28-20(29(15)2)14-26-21(25-13-16-6-4-3-5-7-16)24-10-11-30-19-9-8-17(22)12-18(19)23/h3-9,12H,10-11,13-14H2,1-2H3,(H2,24,25,26). The summed E-state index contributed by atoms with van der Waals surface area (Å²) in [6, 6.07) is 13.1. The van der Waals surface area contributed by atoms with Crippen molar-refractivity contribution in [3.63, 3.8) is 0 Å². The number of nitrogens with zero attached hydrogens (tertiary/aromatic N) is 4. The summed E-state index contributed by atoms with van der Waals surface area (Å²) in [6.45, 7) is 3.35. The first-order chi connectivity index (χ1) is 14.5. The van der Waals surface area contributed by atoms with Crippen molar-refractivity contribution in [1.82, 2.24) is 25.4 Å². The number of halogens is 2. The summed E-state index contributed by atoms with van der Waals surface area (Å²) in [6.07, 6.45) is 0. The average molecular weight is 414 g/mol. The Morgan fingerprint density at radius 3 is 2.60 bits per heavy atom. The summed E-state index contributed by atoms with van der Waals surface area (Å²) in [5.41, 5.74) is 1.07. The monoisotopic (exact) mass is 414 g/mol. The van der Waals surface area contributed by atoms with Crippen molar-refractivity contribution in [2.24, 2.45) is 12.0 Å². The topological polar surface area (TPSA) is 76.4 Å². The average Bonchev–Trinajstić information content (AvgIpc) is 3.06. The Kier molecular flexibility index (Phi) is 7.31. The lowest BCUT2D eigenvalue weighted by Gasteiger charge is -2.13. The molecule has 0 aliphatic heterocycles. The van der Waals surface area contributed by atoms with Crippen LogP contribution < -0.4 is 15.4 Å². The van der Waals surface area contributed by atoms with E-state index in [1.165, 1.54) is 6.07 Å². The molecule has 0 spiro atoms. The first-order valence-corrected chi connectivity index (χ1v) is 9.52. The number of rotatable bonds is 8. The van der Waals surface area contributed by atoms with Crippen LogP contribution in [0, 0.1) is 18.6 Å². The van der Waals surface area contributed by atoms with E-state index in [1.54, 1.807) is 0 Å². The van der Waals surface area contributed by atoms with Gasteiger partial charge in [0.2, 0.25) is 0 Å². The molecule has 30 heavy (non-hydrogen) atoms. The predicted octanol–water partition coefficient (Wildman–Crippen LogP) is 2.72. The highest BCUT2D eigenvalue weighted by Gasteiger charge is 2.07. The van der Waals surface area contributed by atoms with Gasteiger partial charge in [0.25, 0.3) is 0 Å². The normalized spacial score (nSPS) is 11.4. The highest BCUT2D eigenvalue weighted by atomic mass is 19.1. The quantitative estimate of drug-likeness (QED) is 0.337. The lowest BCUT2D eigenvalue weighted by Crippen LogP contribution is -2.39. The lowest BCUT2D eigenvalue weighted by molar-refractivity contribution is 0.304. The van der Waals surface area contributed by atoms with E-state index in [0.29, 0.717) is 25.6 Å². The van der Waals surface area contributed by atoms with Gasteiger partial charge in [0.1, 0.15) is 18.2 Å². The minimum atomic E-state index is -0.733. The van der Waals surface area contributed by atoms with Gasteiger partial charge in [0.05, 0.1) is 19.6 Å². The maximum absolute atomic E-state index is 13.7. The predicted molar refractivity (Wildman–Crippen MR) is 110 cm³/mol. The number of aryl methyl sites for hydroxylation is 1. The fourth-order valence-electron chi connectivity index (χ4n) is 2.62. The SMILES string of the molecule is Cc1nnc(CNC(=NCc2ccccc2)NCCOc2ccc(F)cc2F)n1C. The van der Waals surface area contributed by atoms with Crippen LogP contribution in [0.2, 0.25) is 0 Å². The second-order valence-electron chi connectivity index (χ2n) is 6.58. The fraction of sp³-hybridized carbons (Fsp3) is 0.286. The van der Waals surface area contributed by atoms with Gasteiger partial charge in [0, 0.05) is 13.1 Å². The summed E-state index contributed by atoms with van der Waals surface area (Å²) in [7, 11) is 1.89. The molecule has 0 amide bonds. The third kappa shape index (κ3) is 6.00. The van der Waals surface area contributed by atoms with Gasteiger partial charge in [-0.3, -0.25) is 0 Å². The third-order valence-electron chi connectivity index (χ3n) is 4.41. The fourth-order valence-corrected chi connectivity index (χ4v) is 2.62. The summed E-state index contributed by atoms with van der Waals surface area (Å²) >= 11 is 0. The molecule has 0 atom stereocenters. The van der Waals surface area contributed by atoms with Gasteiger partial charge in [-0.15, -0.1) is 10.2 Å².